The predicted octanol–water partition coefficient (Wildman–Crippen LogP) is 6.92. The van der Waals surface area contributed by atoms with Crippen molar-refractivity contribution in [3.8, 4) is 11.1 Å². The van der Waals surface area contributed by atoms with E-state index in [0.29, 0.717) is 5.39 Å². The molecular weight excluding hydrogens is 333 g/mol. The Morgan fingerprint density at radius 2 is 1.62 bits per heavy atom. The minimum absolute atomic E-state index is 0.129. The third-order valence-electron chi connectivity index (χ3n) is 4.13. The standard InChI is InChI=1S/C20H16ClF3/c1-2-3-4-12-5-7-15-13(9-12)6-8-16(20(15)24)14-10-17(22)19(21)18(23)11-14/h5-11H,2-4H2,1H3. The highest BCUT2D eigenvalue weighted by Crippen LogP contribution is 2.32. The number of benzene rings is 3. The fourth-order valence-electron chi connectivity index (χ4n) is 2.81. The van der Waals surface area contributed by atoms with Crippen molar-refractivity contribution in [3.63, 3.8) is 0 Å². The Labute approximate surface area is 143 Å². The van der Waals surface area contributed by atoms with Crippen LogP contribution in [0, 0.1) is 17.5 Å². The van der Waals surface area contributed by atoms with Crippen molar-refractivity contribution in [1.82, 2.24) is 0 Å². The van der Waals surface area contributed by atoms with Crippen molar-refractivity contribution >= 4 is 22.4 Å². The molecule has 3 aromatic rings. The molecule has 0 aliphatic heterocycles. The van der Waals surface area contributed by atoms with E-state index >= 15 is 0 Å². The molecule has 3 rings (SSSR count). The second kappa shape index (κ2) is 6.86. The van der Waals surface area contributed by atoms with Crippen molar-refractivity contribution in [2.45, 2.75) is 26.2 Å². The Hall–Kier alpha value is -2.00. The van der Waals surface area contributed by atoms with Crippen molar-refractivity contribution in [2.24, 2.45) is 0 Å². The van der Waals surface area contributed by atoms with Crippen LogP contribution in [0.4, 0.5) is 13.2 Å². The maximum atomic E-state index is 14.8. The van der Waals surface area contributed by atoms with E-state index in [0.717, 1.165) is 42.3 Å². The summed E-state index contributed by atoms with van der Waals surface area (Å²) < 4.78 is 42.1. The first-order chi connectivity index (χ1) is 11.5. The highest BCUT2D eigenvalue weighted by atomic mass is 35.5. The molecule has 124 valence electrons. The topological polar surface area (TPSA) is 0 Å². The molecule has 4 heteroatoms. The van der Waals surface area contributed by atoms with Gasteiger partial charge in [0.05, 0.1) is 0 Å². The highest BCUT2D eigenvalue weighted by Gasteiger charge is 2.14. The molecule has 3 aromatic carbocycles. The van der Waals surface area contributed by atoms with Crippen LogP contribution >= 0.6 is 11.6 Å². The molecule has 0 saturated heterocycles. The Kier molecular flexibility index (Phi) is 4.81. The molecule has 24 heavy (non-hydrogen) atoms. The normalized spacial score (nSPS) is 11.2. The summed E-state index contributed by atoms with van der Waals surface area (Å²) in [4.78, 5) is 0. The monoisotopic (exact) mass is 348 g/mol. The number of unbranched alkanes of at least 4 members (excludes halogenated alkanes) is 1. The van der Waals surface area contributed by atoms with Crippen LogP contribution in [-0.4, -0.2) is 0 Å². The quantitative estimate of drug-likeness (QED) is 0.449. The molecule has 0 nitrogen and oxygen atoms in total. The predicted molar refractivity (Wildman–Crippen MR) is 92.9 cm³/mol. The van der Waals surface area contributed by atoms with Gasteiger partial charge in [-0.3, -0.25) is 0 Å². The first-order valence-corrected chi connectivity index (χ1v) is 8.25. The van der Waals surface area contributed by atoms with Gasteiger partial charge in [-0.1, -0.05) is 55.3 Å². The third kappa shape index (κ3) is 3.13. The van der Waals surface area contributed by atoms with Gasteiger partial charge in [0.15, 0.2) is 0 Å². The Morgan fingerprint density at radius 1 is 0.917 bits per heavy atom. The van der Waals surface area contributed by atoms with Gasteiger partial charge in [-0.25, -0.2) is 13.2 Å². The van der Waals surface area contributed by atoms with E-state index in [1.165, 1.54) is 0 Å². The largest absolute Gasteiger partial charge is 0.206 e. The molecule has 0 aliphatic carbocycles. The van der Waals surface area contributed by atoms with Crippen LogP contribution in [0.1, 0.15) is 25.3 Å². The third-order valence-corrected chi connectivity index (χ3v) is 4.49. The Morgan fingerprint density at radius 3 is 2.29 bits per heavy atom. The van der Waals surface area contributed by atoms with E-state index in [-0.39, 0.29) is 11.1 Å². The molecule has 0 atom stereocenters. The molecule has 0 fully saturated rings. The minimum atomic E-state index is -0.902. The maximum Gasteiger partial charge on any atom is 0.145 e. The fraction of sp³-hybridized carbons (Fsp3) is 0.200. The van der Waals surface area contributed by atoms with Crippen LogP contribution in [0.3, 0.4) is 0 Å². The molecule has 0 N–H and O–H groups in total. The van der Waals surface area contributed by atoms with Gasteiger partial charge >= 0.3 is 0 Å². The summed E-state index contributed by atoms with van der Waals surface area (Å²) >= 11 is 5.49. The maximum absolute atomic E-state index is 14.8. The molecule has 0 unspecified atom stereocenters. The van der Waals surface area contributed by atoms with Crippen molar-refractivity contribution in [1.29, 1.82) is 0 Å². The van der Waals surface area contributed by atoms with Crippen LogP contribution in [0.5, 0.6) is 0 Å². The molecule has 0 aromatic heterocycles. The van der Waals surface area contributed by atoms with Crippen LogP contribution < -0.4 is 0 Å². The van der Waals surface area contributed by atoms with Crippen molar-refractivity contribution in [3.05, 3.63) is 70.5 Å². The molecular formula is C20H16ClF3. The van der Waals surface area contributed by atoms with E-state index in [4.69, 9.17) is 11.6 Å². The van der Waals surface area contributed by atoms with Gasteiger partial charge in [-0.2, -0.15) is 0 Å². The Balaban J connectivity index is 2.09. The van der Waals surface area contributed by atoms with Crippen molar-refractivity contribution < 1.29 is 13.2 Å². The molecule has 0 heterocycles. The van der Waals surface area contributed by atoms with Gasteiger partial charge < -0.3 is 0 Å². The summed E-state index contributed by atoms with van der Waals surface area (Å²) in [5.41, 5.74) is 1.43. The summed E-state index contributed by atoms with van der Waals surface area (Å²) in [7, 11) is 0. The fourth-order valence-corrected chi connectivity index (χ4v) is 2.92. The highest BCUT2D eigenvalue weighted by molar-refractivity contribution is 6.31. The smallest absolute Gasteiger partial charge is 0.145 e. The van der Waals surface area contributed by atoms with Gasteiger partial charge in [0.1, 0.15) is 22.5 Å². The van der Waals surface area contributed by atoms with E-state index in [2.05, 4.69) is 6.92 Å². The summed E-state index contributed by atoms with van der Waals surface area (Å²) in [6.45, 7) is 2.12. The summed E-state index contributed by atoms with van der Waals surface area (Å²) in [5.74, 6) is -2.29. The molecule has 0 saturated carbocycles. The van der Waals surface area contributed by atoms with E-state index < -0.39 is 22.5 Å². The minimum Gasteiger partial charge on any atom is -0.206 e. The van der Waals surface area contributed by atoms with Gasteiger partial charge in [0.25, 0.3) is 0 Å². The SMILES string of the molecule is CCCCc1ccc2c(F)c(-c3cc(F)c(Cl)c(F)c3)ccc2c1. The summed E-state index contributed by atoms with van der Waals surface area (Å²) in [5, 5.41) is 0.629. The lowest BCUT2D eigenvalue weighted by Crippen LogP contribution is -1.92. The second-order valence-corrected chi connectivity index (χ2v) is 6.22. The van der Waals surface area contributed by atoms with E-state index in [1.807, 2.05) is 12.1 Å². The zero-order valence-electron chi connectivity index (χ0n) is 13.2. The van der Waals surface area contributed by atoms with Gasteiger partial charge in [0, 0.05) is 10.9 Å². The zero-order chi connectivity index (χ0) is 17.3. The van der Waals surface area contributed by atoms with Gasteiger partial charge in [-0.05, 0) is 41.5 Å². The second-order valence-electron chi connectivity index (χ2n) is 5.84. The van der Waals surface area contributed by atoms with Crippen LogP contribution in [0.15, 0.2) is 42.5 Å². The number of hydrogen-bond acceptors (Lipinski definition) is 0. The van der Waals surface area contributed by atoms with Crippen LogP contribution in [-0.2, 0) is 6.42 Å². The number of hydrogen-bond donors (Lipinski definition) is 0. The number of rotatable bonds is 4. The first kappa shape index (κ1) is 16.8. The molecule has 0 spiro atoms. The molecule has 0 aliphatic rings. The van der Waals surface area contributed by atoms with Crippen LogP contribution in [0.2, 0.25) is 5.02 Å². The lowest BCUT2D eigenvalue weighted by Gasteiger charge is -2.10. The zero-order valence-corrected chi connectivity index (χ0v) is 13.9. The molecule has 0 radical (unpaired) electrons. The molecule has 0 amide bonds. The van der Waals surface area contributed by atoms with Gasteiger partial charge in [-0.15, -0.1) is 0 Å². The molecule has 0 bridgehead atoms. The lowest BCUT2D eigenvalue weighted by atomic mass is 9.97. The number of halogens is 4. The average Bonchev–Trinajstić information content (AvgIpc) is 2.57. The Bertz CT molecular complexity index is 880. The lowest BCUT2D eigenvalue weighted by molar-refractivity contribution is 0.584. The number of aryl methyl sites for hydroxylation is 1. The van der Waals surface area contributed by atoms with E-state index in [1.54, 1.807) is 18.2 Å². The number of fused-ring (bicyclic) bond motifs is 1. The summed E-state index contributed by atoms with van der Waals surface area (Å²) in [6, 6.07) is 11.0. The van der Waals surface area contributed by atoms with Gasteiger partial charge in [0.2, 0.25) is 0 Å². The average molecular weight is 349 g/mol. The van der Waals surface area contributed by atoms with Crippen molar-refractivity contribution in [2.75, 3.05) is 0 Å². The first-order valence-electron chi connectivity index (χ1n) is 7.87. The van der Waals surface area contributed by atoms with Crippen LogP contribution in [0.25, 0.3) is 21.9 Å². The van der Waals surface area contributed by atoms with E-state index in [9.17, 15) is 13.2 Å². The summed E-state index contributed by atoms with van der Waals surface area (Å²) in [6.07, 6.45) is 3.12.